The van der Waals surface area contributed by atoms with Crippen molar-refractivity contribution >= 4 is 17.5 Å². The molecular weight excluding hydrogens is 288 g/mol. The van der Waals surface area contributed by atoms with Gasteiger partial charge in [-0.05, 0) is 44.9 Å². The third-order valence-corrected chi connectivity index (χ3v) is 3.54. The Labute approximate surface area is 138 Å². The number of ether oxygens (including phenoxy) is 1. The molecule has 0 bridgehead atoms. The van der Waals surface area contributed by atoms with Gasteiger partial charge >= 0.3 is 0 Å². The Hall–Kier alpha value is -2.14. The standard InChI is InChI=1S/C18H26N4O/c1-5-22(16-9-6-8-14(2)12-16)18-20-15(3)13-17(21-18)19-10-7-11-23-4/h6,8-9,12-13H,5,7,10-11H2,1-4H3,(H,19,20,21). The van der Waals surface area contributed by atoms with Crippen molar-refractivity contribution in [3.63, 3.8) is 0 Å². The van der Waals surface area contributed by atoms with Crippen LogP contribution in [0.4, 0.5) is 17.5 Å². The number of aryl methyl sites for hydroxylation is 2. The van der Waals surface area contributed by atoms with E-state index < -0.39 is 0 Å². The summed E-state index contributed by atoms with van der Waals surface area (Å²) in [6, 6.07) is 10.4. The number of aromatic nitrogens is 2. The number of hydrogen-bond acceptors (Lipinski definition) is 5. The lowest BCUT2D eigenvalue weighted by molar-refractivity contribution is 0.198. The summed E-state index contributed by atoms with van der Waals surface area (Å²) in [7, 11) is 1.72. The quantitative estimate of drug-likeness (QED) is 0.753. The van der Waals surface area contributed by atoms with Crippen molar-refractivity contribution in [2.24, 2.45) is 0 Å². The highest BCUT2D eigenvalue weighted by Gasteiger charge is 2.12. The summed E-state index contributed by atoms with van der Waals surface area (Å²) in [4.78, 5) is 11.4. The van der Waals surface area contributed by atoms with Crippen molar-refractivity contribution in [3.05, 3.63) is 41.6 Å². The van der Waals surface area contributed by atoms with Crippen molar-refractivity contribution in [3.8, 4) is 0 Å². The molecule has 0 saturated carbocycles. The zero-order chi connectivity index (χ0) is 16.7. The third kappa shape index (κ3) is 4.93. The highest BCUT2D eigenvalue weighted by Crippen LogP contribution is 2.24. The molecule has 124 valence electrons. The van der Waals surface area contributed by atoms with Gasteiger partial charge in [0.2, 0.25) is 5.95 Å². The number of nitrogens with zero attached hydrogens (tertiary/aromatic N) is 3. The summed E-state index contributed by atoms with van der Waals surface area (Å²) < 4.78 is 5.07. The van der Waals surface area contributed by atoms with Crippen molar-refractivity contribution in [1.82, 2.24) is 9.97 Å². The van der Waals surface area contributed by atoms with E-state index in [9.17, 15) is 0 Å². The summed E-state index contributed by atoms with van der Waals surface area (Å²) in [5.74, 6) is 1.59. The molecule has 0 spiro atoms. The molecule has 0 amide bonds. The largest absolute Gasteiger partial charge is 0.385 e. The molecule has 1 N–H and O–H groups in total. The van der Waals surface area contributed by atoms with Gasteiger partial charge in [-0.3, -0.25) is 0 Å². The Morgan fingerprint density at radius 2 is 2.00 bits per heavy atom. The van der Waals surface area contributed by atoms with E-state index in [4.69, 9.17) is 4.74 Å². The van der Waals surface area contributed by atoms with Crippen LogP contribution in [0, 0.1) is 13.8 Å². The molecule has 0 radical (unpaired) electrons. The molecule has 0 aliphatic heterocycles. The number of hydrogen-bond donors (Lipinski definition) is 1. The van der Waals surface area contributed by atoms with Crippen molar-refractivity contribution in [1.29, 1.82) is 0 Å². The molecule has 1 aromatic heterocycles. The van der Waals surface area contributed by atoms with Crippen LogP contribution in [0.3, 0.4) is 0 Å². The van der Waals surface area contributed by atoms with Crippen LogP contribution in [0.15, 0.2) is 30.3 Å². The molecule has 0 saturated heterocycles. The second kappa shape index (κ2) is 8.48. The van der Waals surface area contributed by atoms with Crippen LogP contribution in [0.2, 0.25) is 0 Å². The van der Waals surface area contributed by atoms with E-state index in [0.29, 0.717) is 0 Å². The number of methoxy groups -OCH3 is 1. The average Bonchev–Trinajstić information content (AvgIpc) is 2.52. The minimum atomic E-state index is 0.729. The first-order valence-electron chi connectivity index (χ1n) is 8.06. The van der Waals surface area contributed by atoms with E-state index in [1.54, 1.807) is 7.11 Å². The summed E-state index contributed by atoms with van der Waals surface area (Å²) in [6.45, 7) is 8.59. The second-order valence-electron chi connectivity index (χ2n) is 5.55. The van der Waals surface area contributed by atoms with Gasteiger partial charge in [0.15, 0.2) is 0 Å². The maximum Gasteiger partial charge on any atom is 0.232 e. The zero-order valence-corrected chi connectivity index (χ0v) is 14.5. The summed E-state index contributed by atoms with van der Waals surface area (Å²) in [5.41, 5.74) is 3.30. The molecule has 2 rings (SSSR count). The van der Waals surface area contributed by atoms with Crippen molar-refractivity contribution < 1.29 is 4.74 Å². The minimum absolute atomic E-state index is 0.729. The van der Waals surface area contributed by atoms with Crippen molar-refractivity contribution in [2.45, 2.75) is 27.2 Å². The SMILES string of the molecule is CCN(c1cccc(C)c1)c1nc(C)cc(NCCCOC)n1. The molecule has 1 aromatic carbocycles. The molecule has 0 aliphatic rings. The molecule has 0 atom stereocenters. The second-order valence-corrected chi connectivity index (χ2v) is 5.55. The van der Waals surface area contributed by atoms with E-state index in [1.807, 2.05) is 13.0 Å². The monoisotopic (exact) mass is 314 g/mol. The van der Waals surface area contributed by atoms with Gasteiger partial charge in [0.25, 0.3) is 0 Å². The summed E-state index contributed by atoms with van der Waals surface area (Å²) in [6.07, 6.45) is 0.949. The highest BCUT2D eigenvalue weighted by atomic mass is 16.5. The van der Waals surface area contributed by atoms with Crippen LogP contribution in [0.25, 0.3) is 0 Å². The van der Waals surface area contributed by atoms with Gasteiger partial charge in [-0.25, -0.2) is 4.98 Å². The normalized spacial score (nSPS) is 10.6. The van der Waals surface area contributed by atoms with E-state index in [0.717, 1.165) is 49.3 Å². The number of nitrogens with one attached hydrogen (secondary N) is 1. The lowest BCUT2D eigenvalue weighted by atomic mass is 10.2. The van der Waals surface area contributed by atoms with Crippen LogP contribution in [0.5, 0.6) is 0 Å². The fourth-order valence-corrected chi connectivity index (χ4v) is 2.43. The molecular formula is C18H26N4O. The van der Waals surface area contributed by atoms with Crippen LogP contribution >= 0.6 is 0 Å². The molecule has 0 fully saturated rings. The van der Waals surface area contributed by atoms with Gasteiger partial charge in [-0.2, -0.15) is 4.98 Å². The Bertz CT molecular complexity index is 630. The molecule has 23 heavy (non-hydrogen) atoms. The average molecular weight is 314 g/mol. The van der Waals surface area contributed by atoms with Gasteiger partial charge in [-0.1, -0.05) is 12.1 Å². The van der Waals surface area contributed by atoms with Gasteiger partial charge < -0.3 is 15.0 Å². The zero-order valence-electron chi connectivity index (χ0n) is 14.5. The first-order valence-corrected chi connectivity index (χ1v) is 8.06. The molecule has 0 aliphatic carbocycles. The maximum absolute atomic E-state index is 5.07. The van der Waals surface area contributed by atoms with Crippen LogP contribution in [0.1, 0.15) is 24.6 Å². The topological polar surface area (TPSA) is 50.3 Å². The van der Waals surface area contributed by atoms with Gasteiger partial charge in [0, 0.05) is 44.3 Å². The third-order valence-electron chi connectivity index (χ3n) is 3.54. The number of rotatable bonds is 8. The highest BCUT2D eigenvalue weighted by molar-refractivity contribution is 5.59. The summed E-state index contributed by atoms with van der Waals surface area (Å²) >= 11 is 0. The van der Waals surface area contributed by atoms with Gasteiger partial charge in [0.1, 0.15) is 5.82 Å². The predicted octanol–water partition coefficient (Wildman–Crippen LogP) is 3.70. The van der Waals surface area contributed by atoms with E-state index >= 15 is 0 Å². The Morgan fingerprint density at radius 1 is 1.17 bits per heavy atom. The molecule has 1 heterocycles. The lowest BCUT2D eigenvalue weighted by Gasteiger charge is -2.22. The Morgan fingerprint density at radius 3 is 2.70 bits per heavy atom. The molecule has 2 aromatic rings. The smallest absolute Gasteiger partial charge is 0.232 e. The van der Waals surface area contributed by atoms with Crippen LogP contribution in [-0.4, -0.2) is 36.8 Å². The Kier molecular flexibility index (Phi) is 6.35. The number of benzene rings is 1. The maximum atomic E-state index is 5.07. The number of anilines is 3. The fourth-order valence-electron chi connectivity index (χ4n) is 2.43. The predicted molar refractivity (Wildman–Crippen MR) is 95.6 cm³/mol. The molecule has 0 unspecified atom stereocenters. The Balaban J connectivity index is 2.21. The molecule has 5 heteroatoms. The first-order chi connectivity index (χ1) is 11.1. The van der Waals surface area contributed by atoms with Gasteiger partial charge in [0.05, 0.1) is 0 Å². The van der Waals surface area contributed by atoms with E-state index in [-0.39, 0.29) is 0 Å². The minimum Gasteiger partial charge on any atom is -0.385 e. The summed E-state index contributed by atoms with van der Waals surface area (Å²) in [5, 5.41) is 3.34. The molecule has 5 nitrogen and oxygen atoms in total. The van der Waals surface area contributed by atoms with Crippen LogP contribution in [-0.2, 0) is 4.74 Å². The lowest BCUT2D eigenvalue weighted by Crippen LogP contribution is -2.20. The fraction of sp³-hybridized carbons (Fsp3) is 0.444. The van der Waals surface area contributed by atoms with Gasteiger partial charge in [-0.15, -0.1) is 0 Å². The van der Waals surface area contributed by atoms with E-state index in [1.165, 1.54) is 5.56 Å². The van der Waals surface area contributed by atoms with E-state index in [2.05, 4.69) is 58.3 Å². The van der Waals surface area contributed by atoms with Crippen LogP contribution < -0.4 is 10.2 Å². The van der Waals surface area contributed by atoms with Crippen molar-refractivity contribution in [2.75, 3.05) is 37.0 Å². The first kappa shape index (κ1) is 17.2.